The first-order valence-corrected chi connectivity index (χ1v) is 7.69. The quantitative estimate of drug-likeness (QED) is 0.720. The zero-order valence-corrected chi connectivity index (χ0v) is 11.9. The minimum Gasteiger partial charge on any atom is -0.480 e. The van der Waals surface area contributed by atoms with Crippen molar-refractivity contribution >= 4 is 22.0 Å². The number of carboxylic acid groups (broad SMARTS) is 1. The van der Waals surface area contributed by atoms with Gasteiger partial charge in [0.2, 0.25) is 10.0 Å². The molecule has 1 saturated heterocycles. The van der Waals surface area contributed by atoms with Crippen LogP contribution < -0.4 is 0 Å². The smallest absolute Gasteiger partial charge is 0.323 e. The molecule has 1 N–H and O–H groups in total. The lowest BCUT2D eigenvalue weighted by Crippen LogP contribution is -2.46. The molecule has 8 heteroatoms. The molecule has 1 fully saturated rings. The standard InChI is InChI=1S/C11H19NO6S/c1-3-18-11(15)9-4-6-12(7-5-9)19(16,17)8(2)10(13)14/h8-9H,3-7H2,1-2H3,(H,13,14). The van der Waals surface area contributed by atoms with Crippen LogP contribution in [0, 0.1) is 5.92 Å². The molecular formula is C11H19NO6S. The maximum Gasteiger partial charge on any atom is 0.323 e. The molecule has 19 heavy (non-hydrogen) atoms. The first kappa shape index (κ1) is 15.9. The lowest BCUT2D eigenvalue weighted by atomic mass is 9.98. The van der Waals surface area contributed by atoms with Crippen molar-refractivity contribution in [2.75, 3.05) is 19.7 Å². The van der Waals surface area contributed by atoms with E-state index in [4.69, 9.17) is 9.84 Å². The number of carbonyl (C=O) groups excluding carboxylic acids is 1. The van der Waals surface area contributed by atoms with Crippen LogP contribution in [0.1, 0.15) is 26.7 Å². The Labute approximate surface area is 112 Å². The van der Waals surface area contributed by atoms with E-state index in [1.54, 1.807) is 6.92 Å². The van der Waals surface area contributed by atoms with Crippen molar-refractivity contribution in [3.8, 4) is 0 Å². The van der Waals surface area contributed by atoms with Crippen molar-refractivity contribution in [1.82, 2.24) is 4.31 Å². The Balaban J connectivity index is 2.63. The predicted molar refractivity (Wildman–Crippen MR) is 66.9 cm³/mol. The summed E-state index contributed by atoms with van der Waals surface area (Å²) in [5.41, 5.74) is 0. The van der Waals surface area contributed by atoms with Crippen LogP contribution in [0.4, 0.5) is 0 Å². The minimum absolute atomic E-state index is 0.156. The molecule has 7 nitrogen and oxygen atoms in total. The summed E-state index contributed by atoms with van der Waals surface area (Å²) in [4.78, 5) is 22.3. The topological polar surface area (TPSA) is 101 Å². The summed E-state index contributed by atoms with van der Waals surface area (Å²) in [6, 6.07) is 0. The monoisotopic (exact) mass is 293 g/mol. The van der Waals surface area contributed by atoms with Gasteiger partial charge in [-0.1, -0.05) is 0 Å². The maximum atomic E-state index is 12.0. The highest BCUT2D eigenvalue weighted by Gasteiger charge is 2.37. The molecule has 1 unspecified atom stereocenters. The molecular weight excluding hydrogens is 274 g/mol. The largest absolute Gasteiger partial charge is 0.480 e. The highest BCUT2D eigenvalue weighted by molar-refractivity contribution is 7.90. The number of piperidine rings is 1. The lowest BCUT2D eigenvalue weighted by Gasteiger charge is -2.31. The molecule has 1 atom stereocenters. The zero-order chi connectivity index (χ0) is 14.6. The first-order valence-electron chi connectivity index (χ1n) is 6.19. The summed E-state index contributed by atoms with van der Waals surface area (Å²) in [6.45, 7) is 3.47. The highest BCUT2D eigenvalue weighted by atomic mass is 32.2. The number of hydrogen-bond acceptors (Lipinski definition) is 5. The van der Waals surface area contributed by atoms with Crippen LogP contribution in [0.3, 0.4) is 0 Å². The third-order valence-corrected chi connectivity index (χ3v) is 5.41. The van der Waals surface area contributed by atoms with Gasteiger partial charge in [0.05, 0.1) is 12.5 Å². The fourth-order valence-corrected chi connectivity index (χ4v) is 3.38. The molecule has 1 aliphatic rings. The van der Waals surface area contributed by atoms with Gasteiger partial charge in [-0.3, -0.25) is 9.59 Å². The van der Waals surface area contributed by atoms with Gasteiger partial charge in [-0.2, -0.15) is 0 Å². The van der Waals surface area contributed by atoms with Gasteiger partial charge >= 0.3 is 11.9 Å². The lowest BCUT2D eigenvalue weighted by molar-refractivity contribution is -0.149. The van der Waals surface area contributed by atoms with E-state index in [1.807, 2.05) is 0 Å². The van der Waals surface area contributed by atoms with Crippen LogP contribution in [0.5, 0.6) is 0 Å². The summed E-state index contributed by atoms with van der Waals surface area (Å²) < 4.78 is 29.9. The van der Waals surface area contributed by atoms with Gasteiger partial charge in [0, 0.05) is 13.1 Å². The second kappa shape index (κ2) is 6.33. The van der Waals surface area contributed by atoms with Gasteiger partial charge in [0.25, 0.3) is 0 Å². The molecule has 0 radical (unpaired) electrons. The third kappa shape index (κ3) is 3.66. The maximum absolute atomic E-state index is 12.0. The van der Waals surface area contributed by atoms with E-state index in [0.717, 1.165) is 11.2 Å². The number of esters is 1. The van der Waals surface area contributed by atoms with Gasteiger partial charge in [0.1, 0.15) is 0 Å². The van der Waals surface area contributed by atoms with Crippen LogP contribution in [-0.2, 0) is 24.3 Å². The van der Waals surface area contributed by atoms with Gasteiger partial charge < -0.3 is 9.84 Å². The molecule has 0 aliphatic carbocycles. The summed E-state index contributed by atoms with van der Waals surface area (Å²) in [6.07, 6.45) is 0.731. The van der Waals surface area contributed by atoms with E-state index in [0.29, 0.717) is 19.4 Å². The summed E-state index contributed by atoms with van der Waals surface area (Å²) in [5.74, 6) is -1.98. The fourth-order valence-electron chi connectivity index (χ4n) is 1.96. The molecule has 1 rings (SSSR count). The van der Waals surface area contributed by atoms with Crippen molar-refractivity contribution in [2.45, 2.75) is 31.9 Å². The Morgan fingerprint density at radius 3 is 2.32 bits per heavy atom. The molecule has 0 aromatic carbocycles. The summed E-state index contributed by atoms with van der Waals surface area (Å²) in [5, 5.41) is 7.31. The Morgan fingerprint density at radius 1 is 1.37 bits per heavy atom. The Morgan fingerprint density at radius 2 is 1.89 bits per heavy atom. The molecule has 0 aromatic rings. The number of aliphatic carboxylic acids is 1. The van der Waals surface area contributed by atoms with Crippen molar-refractivity contribution in [3.05, 3.63) is 0 Å². The first-order chi connectivity index (χ1) is 8.80. The highest BCUT2D eigenvalue weighted by Crippen LogP contribution is 2.22. The molecule has 0 spiro atoms. The molecule has 110 valence electrons. The van der Waals surface area contributed by atoms with E-state index in [9.17, 15) is 18.0 Å². The minimum atomic E-state index is -3.84. The number of sulfonamides is 1. The van der Waals surface area contributed by atoms with Gasteiger partial charge in [-0.15, -0.1) is 0 Å². The Kier molecular flexibility index (Phi) is 5.30. The summed E-state index contributed by atoms with van der Waals surface area (Å²) in [7, 11) is -3.84. The fraction of sp³-hybridized carbons (Fsp3) is 0.818. The van der Waals surface area contributed by atoms with Crippen molar-refractivity contribution in [2.24, 2.45) is 5.92 Å². The molecule has 1 aliphatic heterocycles. The second-order valence-electron chi connectivity index (χ2n) is 4.45. The number of hydrogen-bond donors (Lipinski definition) is 1. The van der Waals surface area contributed by atoms with Crippen LogP contribution in [-0.4, -0.2) is 54.7 Å². The van der Waals surface area contributed by atoms with Crippen LogP contribution in [0.15, 0.2) is 0 Å². The number of carbonyl (C=O) groups is 2. The Hall–Kier alpha value is -1.15. The average molecular weight is 293 g/mol. The van der Waals surface area contributed by atoms with E-state index >= 15 is 0 Å². The molecule has 1 heterocycles. The number of rotatable bonds is 5. The predicted octanol–water partition coefficient (Wildman–Crippen LogP) is 0.0644. The van der Waals surface area contributed by atoms with Crippen LogP contribution >= 0.6 is 0 Å². The van der Waals surface area contributed by atoms with Crippen LogP contribution in [0.25, 0.3) is 0 Å². The van der Waals surface area contributed by atoms with E-state index in [1.165, 1.54) is 0 Å². The van der Waals surface area contributed by atoms with E-state index in [-0.39, 0.29) is 25.0 Å². The zero-order valence-electron chi connectivity index (χ0n) is 11.0. The number of nitrogens with zero attached hydrogens (tertiary/aromatic N) is 1. The Bertz CT molecular complexity index is 438. The molecule has 0 bridgehead atoms. The van der Waals surface area contributed by atoms with Gasteiger partial charge in [-0.25, -0.2) is 12.7 Å². The normalized spacial score (nSPS) is 19.9. The van der Waals surface area contributed by atoms with Crippen molar-refractivity contribution in [3.63, 3.8) is 0 Å². The van der Waals surface area contributed by atoms with Crippen molar-refractivity contribution in [1.29, 1.82) is 0 Å². The molecule has 0 amide bonds. The average Bonchev–Trinajstić information content (AvgIpc) is 2.38. The van der Waals surface area contributed by atoms with Gasteiger partial charge in [-0.05, 0) is 26.7 Å². The number of ether oxygens (including phenoxy) is 1. The second-order valence-corrected chi connectivity index (χ2v) is 6.70. The third-order valence-electron chi connectivity index (χ3n) is 3.23. The van der Waals surface area contributed by atoms with E-state index in [2.05, 4.69) is 0 Å². The number of carboxylic acids is 1. The molecule has 0 aromatic heterocycles. The van der Waals surface area contributed by atoms with Crippen molar-refractivity contribution < 1.29 is 27.9 Å². The van der Waals surface area contributed by atoms with Gasteiger partial charge in [0.15, 0.2) is 5.25 Å². The molecule has 0 saturated carbocycles. The van der Waals surface area contributed by atoms with E-state index < -0.39 is 21.2 Å². The summed E-state index contributed by atoms with van der Waals surface area (Å²) >= 11 is 0. The SMILES string of the molecule is CCOC(=O)C1CCN(S(=O)(=O)C(C)C(=O)O)CC1. The van der Waals surface area contributed by atoms with Crippen LogP contribution in [0.2, 0.25) is 0 Å².